The van der Waals surface area contributed by atoms with E-state index >= 15 is 0 Å². The molecule has 9 heteroatoms. The SMILES string of the molecule is Cc1cc2ccc(F)cc2s1.Cc1cc2ccc(F)nc2s1.Cc1ccc2cc(C)oc2c1.Cc1ccc2cc(C)sc2c1.Cc1ccc2cc(C)sc2n1. The number of hydrogen-bond donors (Lipinski definition) is 0. The summed E-state index contributed by atoms with van der Waals surface area (Å²) in [6, 6.07) is 35.6. The molecule has 7 heterocycles. The first kappa shape index (κ1) is 39.9. The van der Waals surface area contributed by atoms with Gasteiger partial charge in [-0.05, 0) is 150 Å². The second-order valence-corrected chi connectivity index (χ2v) is 18.5. The van der Waals surface area contributed by atoms with Crippen molar-refractivity contribution in [2.45, 2.75) is 55.4 Å². The van der Waals surface area contributed by atoms with Crippen LogP contribution in [0.5, 0.6) is 0 Å². The number of nitrogens with zero attached hydrogens (tertiary/aromatic N) is 2. The fourth-order valence-corrected chi connectivity index (χ4v) is 9.60. The summed E-state index contributed by atoms with van der Waals surface area (Å²) >= 11 is 6.76. The lowest BCUT2D eigenvalue weighted by molar-refractivity contribution is 0.578. The third-order valence-corrected chi connectivity index (χ3v) is 12.3. The molecule has 280 valence electrons. The van der Waals surface area contributed by atoms with Crippen LogP contribution in [0, 0.1) is 67.2 Å². The van der Waals surface area contributed by atoms with Gasteiger partial charge in [0.15, 0.2) is 0 Å². The number of aromatic nitrogens is 2. The molecular formula is C46H42F2N2OS4. The molecule has 55 heavy (non-hydrogen) atoms. The molecule has 0 bridgehead atoms. The summed E-state index contributed by atoms with van der Waals surface area (Å²) in [5.74, 6) is 0.421. The van der Waals surface area contributed by atoms with Crippen LogP contribution in [0.4, 0.5) is 8.78 Å². The molecule has 10 aromatic rings. The topological polar surface area (TPSA) is 38.9 Å². The van der Waals surface area contributed by atoms with E-state index in [1.807, 2.05) is 51.2 Å². The predicted octanol–water partition coefficient (Wildman–Crippen LogP) is 15.6. The van der Waals surface area contributed by atoms with Crippen molar-refractivity contribution in [2.75, 3.05) is 0 Å². The van der Waals surface area contributed by atoms with Gasteiger partial charge in [0.2, 0.25) is 5.95 Å². The van der Waals surface area contributed by atoms with Gasteiger partial charge < -0.3 is 4.42 Å². The van der Waals surface area contributed by atoms with Crippen molar-refractivity contribution in [2.24, 2.45) is 0 Å². The van der Waals surface area contributed by atoms with Crippen LogP contribution in [0.1, 0.15) is 42.1 Å². The van der Waals surface area contributed by atoms with Crippen LogP contribution in [-0.4, -0.2) is 9.97 Å². The van der Waals surface area contributed by atoms with Crippen LogP contribution in [0.2, 0.25) is 0 Å². The van der Waals surface area contributed by atoms with Crippen molar-refractivity contribution in [1.82, 2.24) is 9.97 Å². The molecule has 0 aliphatic rings. The van der Waals surface area contributed by atoms with E-state index in [1.165, 1.54) is 70.1 Å². The Balaban J connectivity index is 0.000000117. The van der Waals surface area contributed by atoms with Crippen LogP contribution < -0.4 is 0 Å². The van der Waals surface area contributed by atoms with Crippen molar-refractivity contribution < 1.29 is 13.2 Å². The van der Waals surface area contributed by atoms with Crippen LogP contribution >= 0.6 is 45.3 Å². The number of fused-ring (bicyclic) bond motifs is 5. The summed E-state index contributed by atoms with van der Waals surface area (Å²) in [5, 5.41) is 5.98. The second-order valence-electron chi connectivity index (χ2n) is 13.4. The van der Waals surface area contributed by atoms with Crippen LogP contribution in [0.25, 0.3) is 51.6 Å². The first-order valence-electron chi connectivity index (χ1n) is 17.7. The number of hydrogen-bond acceptors (Lipinski definition) is 7. The lowest BCUT2D eigenvalue weighted by atomic mass is 10.2. The van der Waals surface area contributed by atoms with E-state index in [1.54, 1.807) is 34.8 Å². The van der Waals surface area contributed by atoms with Gasteiger partial charge >= 0.3 is 0 Å². The first-order chi connectivity index (χ1) is 26.3. The van der Waals surface area contributed by atoms with Gasteiger partial charge in [0.25, 0.3) is 0 Å². The zero-order chi connectivity index (χ0) is 39.2. The van der Waals surface area contributed by atoms with Gasteiger partial charge in [0, 0.05) is 50.8 Å². The van der Waals surface area contributed by atoms with E-state index < -0.39 is 5.95 Å². The maximum Gasteiger partial charge on any atom is 0.214 e. The number of benzene rings is 3. The van der Waals surface area contributed by atoms with E-state index in [0.717, 1.165) is 47.0 Å². The molecule has 0 aliphatic heterocycles. The number of thiophene rings is 4. The van der Waals surface area contributed by atoms with E-state index in [-0.39, 0.29) is 5.82 Å². The lowest BCUT2D eigenvalue weighted by Gasteiger charge is -1.89. The highest BCUT2D eigenvalue weighted by molar-refractivity contribution is 7.19. The number of rotatable bonds is 0. The van der Waals surface area contributed by atoms with Gasteiger partial charge in [-0.2, -0.15) is 4.39 Å². The van der Waals surface area contributed by atoms with Gasteiger partial charge in [-0.25, -0.2) is 14.4 Å². The molecule has 0 amide bonds. The molecule has 0 N–H and O–H groups in total. The minimum absolute atomic E-state index is 0.153. The average molecular weight is 805 g/mol. The molecule has 3 nitrogen and oxygen atoms in total. The number of halogens is 2. The van der Waals surface area contributed by atoms with Crippen molar-refractivity contribution in [3.63, 3.8) is 0 Å². The average Bonchev–Trinajstić information content (AvgIpc) is 3.94. The summed E-state index contributed by atoms with van der Waals surface area (Å²) < 4.78 is 33.1. The maximum absolute atomic E-state index is 12.7. The Morgan fingerprint density at radius 3 is 1.58 bits per heavy atom. The summed E-state index contributed by atoms with van der Waals surface area (Å²) in [6.07, 6.45) is 0. The predicted molar refractivity (Wildman–Crippen MR) is 237 cm³/mol. The van der Waals surface area contributed by atoms with Crippen molar-refractivity contribution >= 4 is 96.9 Å². The molecular weight excluding hydrogens is 763 g/mol. The zero-order valence-corrected chi connectivity index (χ0v) is 35.3. The highest BCUT2D eigenvalue weighted by Gasteiger charge is 2.02. The van der Waals surface area contributed by atoms with Crippen molar-refractivity contribution in [3.05, 3.63) is 163 Å². The Bertz CT molecular complexity index is 2400. The Morgan fingerprint density at radius 1 is 0.436 bits per heavy atom. The van der Waals surface area contributed by atoms with E-state index in [4.69, 9.17) is 4.42 Å². The molecule has 0 saturated heterocycles. The number of aryl methyl sites for hydroxylation is 8. The molecule has 10 rings (SSSR count). The fourth-order valence-electron chi connectivity index (χ4n) is 5.84. The Kier molecular flexibility index (Phi) is 12.9. The molecule has 0 aliphatic carbocycles. The van der Waals surface area contributed by atoms with Gasteiger partial charge in [-0.15, -0.1) is 45.3 Å². The fraction of sp³-hybridized carbons (Fsp3) is 0.174. The molecule has 0 atom stereocenters. The minimum Gasteiger partial charge on any atom is -0.461 e. The van der Waals surface area contributed by atoms with Crippen molar-refractivity contribution in [1.29, 1.82) is 0 Å². The quantitative estimate of drug-likeness (QED) is 0.143. The van der Waals surface area contributed by atoms with Gasteiger partial charge in [0.05, 0.1) is 0 Å². The van der Waals surface area contributed by atoms with Gasteiger partial charge in [0.1, 0.15) is 26.8 Å². The van der Waals surface area contributed by atoms with Gasteiger partial charge in [-0.3, -0.25) is 0 Å². The summed E-state index contributed by atoms with van der Waals surface area (Å²) in [6.45, 7) is 16.5. The zero-order valence-electron chi connectivity index (χ0n) is 32.1. The van der Waals surface area contributed by atoms with E-state index in [2.05, 4.69) is 110 Å². The highest BCUT2D eigenvalue weighted by Crippen LogP contribution is 2.27. The second kappa shape index (κ2) is 17.8. The minimum atomic E-state index is -0.403. The van der Waals surface area contributed by atoms with Crippen LogP contribution in [-0.2, 0) is 0 Å². The lowest BCUT2D eigenvalue weighted by Crippen LogP contribution is -1.77. The molecule has 0 fully saturated rings. The third-order valence-electron chi connectivity index (χ3n) is 8.32. The van der Waals surface area contributed by atoms with E-state index in [9.17, 15) is 8.78 Å². The monoisotopic (exact) mass is 804 g/mol. The van der Waals surface area contributed by atoms with Crippen LogP contribution in [0.3, 0.4) is 0 Å². The van der Waals surface area contributed by atoms with E-state index in [0.29, 0.717) is 0 Å². The van der Waals surface area contributed by atoms with Crippen molar-refractivity contribution in [3.8, 4) is 0 Å². The van der Waals surface area contributed by atoms with Crippen LogP contribution in [0.15, 0.2) is 114 Å². The standard InChI is InChI=1S/C10H10O.C10H10S.C9H7FS.C9H9NS.C8H6FNS/c2*1-7-3-4-9-6-8(2)11-10(9)5-7;1-6-4-7-2-3-8(10)5-9(7)11-6;1-6-3-4-8-5-7(2)11-9(8)10-6;1-5-4-6-2-3-7(9)10-8(6)11-5/h2*3-6H,1-2H3;2-5H,1H3;3-5H,1-2H3;2-4H,1H3. The molecule has 0 unspecified atom stereocenters. The maximum atomic E-state index is 12.7. The number of pyridine rings is 2. The normalized spacial score (nSPS) is 10.7. The van der Waals surface area contributed by atoms with Gasteiger partial charge in [-0.1, -0.05) is 36.4 Å². The smallest absolute Gasteiger partial charge is 0.214 e. The number of furan rings is 1. The third kappa shape index (κ3) is 10.9. The summed E-state index contributed by atoms with van der Waals surface area (Å²) in [5.41, 5.74) is 4.67. The summed E-state index contributed by atoms with van der Waals surface area (Å²) in [7, 11) is 0. The Hall–Kier alpha value is -4.80. The molecule has 0 saturated carbocycles. The first-order valence-corrected chi connectivity index (χ1v) is 21.0. The molecule has 0 radical (unpaired) electrons. The molecule has 7 aromatic heterocycles. The molecule has 3 aromatic carbocycles. The summed E-state index contributed by atoms with van der Waals surface area (Å²) in [4.78, 5) is 15.2. The highest BCUT2D eigenvalue weighted by atomic mass is 32.1. The Morgan fingerprint density at radius 2 is 0.927 bits per heavy atom. The molecule has 0 spiro atoms. The Labute approximate surface area is 336 Å². The largest absolute Gasteiger partial charge is 0.461 e.